The number of alkyl halides is 3. The predicted molar refractivity (Wildman–Crippen MR) is 85.4 cm³/mol. The highest BCUT2D eigenvalue weighted by Crippen LogP contribution is 2.33. The minimum Gasteiger partial charge on any atom is -0.334 e. The molecule has 0 spiro atoms. The Morgan fingerprint density at radius 2 is 1.92 bits per heavy atom. The van der Waals surface area contributed by atoms with Gasteiger partial charge in [0.25, 0.3) is 0 Å². The normalized spacial score (nSPS) is 12.2. The zero-order valence-corrected chi connectivity index (χ0v) is 13.8. The Kier molecular flexibility index (Phi) is 4.28. The SMILES string of the molecule is CC(C)N(c1ccc2nc(C(F)(F)F)[nH]c2c1)c1nc(Cl)ncc1F. The molecule has 0 unspecified atom stereocenters. The molecule has 0 radical (unpaired) electrons. The third kappa shape index (κ3) is 3.37. The van der Waals surface area contributed by atoms with Gasteiger partial charge in [0.15, 0.2) is 11.6 Å². The molecule has 0 aliphatic carbocycles. The first kappa shape index (κ1) is 17.4. The lowest BCUT2D eigenvalue weighted by Gasteiger charge is -2.28. The summed E-state index contributed by atoms with van der Waals surface area (Å²) in [4.78, 5) is 14.7. The quantitative estimate of drug-likeness (QED) is 0.533. The van der Waals surface area contributed by atoms with Crippen molar-refractivity contribution in [1.29, 1.82) is 0 Å². The van der Waals surface area contributed by atoms with Gasteiger partial charge in [-0.1, -0.05) is 0 Å². The second kappa shape index (κ2) is 6.14. The molecule has 10 heteroatoms. The lowest BCUT2D eigenvalue weighted by atomic mass is 10.2. The number of fused-ring (bicyclic) bond motifs is 1. The summed E-state index contributed by atoms with van der Waals surface area (Å²) in [6.07, 6.45) is -3.64. The highest BCUT2D eigenvalue weighted by atomic mass is 35.5. The van der Waals surface area contributed by atoms with Crippen LogP contribution >= 0.6 is 11.6 Å². The number of imidazole rings is 1. The number of rotatable bonds is 3. The lowest BCUT2D eigenvalue weighted by Crippen LogP contribution is -2.27. The van der Waals surface area contributed by atoms with Gasteiger partial charge in [-0.25, -0.2) is 14.4 Å². The van der Waals surface area contributed by atoms with Gasteiger partial charge >= 0.3 is 6.18 Å². The Morgan fingerprint density at radius 1 is 1.20 bits per heavy atom. The number of nitrogens with zero attached hydrogens (tertiary/aromatic N) is 4. The Hall–Kier alpha value is -2.42. The third-order valence-electron chi connectivity index (χ3n) is 3.45. The van der Waals surface area contributed by atoms with Crippen molar-refractivity contribution in [2.75, 3.05) is 4.90 Å². The summed E-state index contributed by atoms with van der Waals surface area (Å²) in [5, 5.41) is -0.135. The number of hydrogen-bond donors (Lipinski definition) is 1. The fraction of sp³-hybridized carbons (Fsp3) is 0.267. The van der Waals surface area contributed by atoms with Crippen LogP contribution in [0.5, 0.6) is 0 Å². The lowest BCUT2D eigenvalue weighted by molar-refractivity contribution is -0.144. The maximum absolute atomic E-state index is 14.1. The third-order valence-corrected chi connectivity index (χ3v) is 3.64. The predicted octanol–water partition coefficient (Wildman–Crippen LogP) is 4.71. The maximum Gasteiger partial charge on any atom is 0.449 e. The van der Waals surface area contributed by atoms with Crippen LogP contribution in [0.1, 0.15) is 19.7 Å². The smallest absolute Gasteiger partial charge is 0.334 e. The van der Waals surface area contributed by atoms with Crippen molar-refractivity contribution in [2.45, 2.75) is 26.1 Å². The number of aromatic nitrogens is 4. The van der Waals surface area contributed by atoms with Crippen LogP contribution in [0.3, 0.4) is 0 Å². The van der Waals surface area contributed by atoms with Gasteiger partial charge < -0.3 is 9.88 Å². The molecule has 1 N–H and O–H groups in total. The number of aromatic amines is 1. The second-order valence-corrected chi connectivity index (χ2v) is 5.90. The van der Waals surface area contributed by atoms with Crippen molar-refractivity contribution in [3.8, 4) is 0 Å². The highest BCUT2D eigenvalue weighted by Gasteiger charge is 2.34. The van der Waals surface area contributed by atoms with Gasteiger partial charge in [0.05, 0.1) is 17.2 Å². The zero-order chi connectivity index (χ0) is 18.4. The van der Waals surface area contributed by atoms with Crippen LogP contribution in [0.15, 0.2) is 24.4 Å². The van der Waals surface area contributed by atoms with E-state index in [9.17, 15) is 17.6 Å². The number of benzene rings is 1. The molecule has 0 atom stereocenters. The first-order valence-corrected chi connectivity index (χ1v) is 7.59. The van der Waals surface area contributed by atoms with E-state index in [0.29, 0.717) is 5.69 Å². The van der Waals surface area contributed by atoms with E-state index in [1.807, 2.05) is 0 Å². The zero-order valence-electron chi connectivity index (χ0n) is 13.1. The Bertz CT molecular complexity index is 922. The van der Waals surface area contributed by atoms with Crippen molar-refractivity contribution in [3.05, 3.63) is 41.3 Å². The van der Waals surface area contributed by atoms with E-state index in [2.05, 4.69) is 19.9 Å². The Morgan fingerprint density at radius 3 is 2.56 bits per heavy atom. The molecular weight excluding hydrogens is 362 g/mol. The van der Waals surface area contributed by atoms with Crippen molar-refractivity contribution in [3.63, 3.8) is 0 Å². The fourth-order valence-electron chi connectivity index (χ4n) is 2.45. The fourth-order valence-corrected chi connectivity index (χ4v) is 2.58. The van der Waals surface area contributed by atoms with Crippen LogP contribution in [-0.4, -0.2) is 26.0 Å². The largest absolute Gasteiger partial charge is 0.449 e. The molecule has 3 aromatic rings. The molecule has 2 aromatic heterocycles. The van der Waals surface area contributed by atoms with Gasteiger partial charge in [0.1, 0.15) is 0 Å². The van der Waals surface area contributed by atoms with E-state index < -0.39 is 17.8 Å². The highest BCUT2D eigenvalue weighted by molar-refractivity contribution is 6.28. The summed E-state index contributed by atoms with van der Waals surface area (Å²) >= 11 is 5.74. The molecule has 0 saturated heterocycles. The summed E-state index contributed by atoms with van der Waals surface area (Å²) in [5.41, 5.74) is 0.769. The first-order valence-electron chi connectivity index (χ1n) is 7.21. The number of H-pyrrole nitrogens is 1. The maximum atomic E-state index is 14.1. The van der Waals surface area contributed by atoms with Gasteiger partial charge in [-0.15, -0.1) is 0 Å². The first-order chi connectivity index (χ1) is 11.7. The van der Waals surface area contributed by atoms with Crippen molar-refractivity contribution in [1.82, 2.24) is 19.9 Å². The van der Waals surface area contributed by atoms with E-state index in [1.54, 1.807) is 19.9 Å². The van der Waals surface area contributed by atoms with E-state index in [4.69, 9.17) is 11.6 Å². The van der Waals surface area contributed by atoms with E-state index in [-0.39, 0.29) is 28.2 Å². The molecule has 5 nitrogen and oxygen atoms in total. The van der Waals surface area contributed by atoms with Crippen LogP contribution in [0, 0.1) is 5.82 Å². The number of anilines is 2. The van der Waals surface area contributed by atoms with Crippen LogP contribution < -0.4 is 4.90 Å². The molecule has 0 amide bonds. The Balaban J connectivity index is 2.12. The van der Waals surface area contributed by atoms with E-state index in [0.717, 1.165) is 6.20 Å². The molecule has 0 bridgehead atoms. The summed E-state index contributed by atoms with van der Waals surface area (Å²) in [6.45, 7) is 3.57. The summed E-state index contributed by atoms with van der Waals surface area (Å²) in [7, 11) is 0. The molecule has 132 valence electrons. The van der Waals surface area contributed by atoms with Gasteiger partial charge in [0.2, 0.25) is 11.1 Å². The second-order valence-electron chi connectivity index (χ2n) is 5.56. The summed E-state index contributed by atoms with van der Waals surface area (Å²) in [6, 6.07) is 4.17. The minimum absolute atomic E-state index is 0.0649. The van der Waals surface area contributed by atoms with Crippen LogP contribution in [0.25, 0.3) is 11.0 Å². The van der Waals surface area contributed by atoms with Crippen molar-refractivity contribution >= 4 is 34.1 Å². The molecule has 0 aliphatic rings. The van der Waals surface area contributed by atoms with Gasteiger partial charge in [-0.3, -0.25) is 0 Å². The Labute approximate surface area is 144 Å². The molecule has 25 heavy (non-hydrogen) atoms. The monoisotopic (exact) mass is 373 g/mol. The van der Waals surface area contributed by atoms with E-state index in [1.165, 1.54) is 17.0 Å². The molecule has 3 rings (SSSR count). The number of nitrogens with one attached hydrogen (secondary N) is 1. The number of hydrogen-bond acceptors (Lipinski definition) is 4. The average molecular weight is 374 g/mol. The molecule has 0 fully saturated rings. The molecule has 2 heterocycles. The standard InChI is InChI=1S/C15H12ClF4N5/c1-7(2)25(12-9(17)6-21-14(16)24-12)8-3-4-10-11(5-8)23-13(22-10)15(18,19)20/h3-7H,1-2H3,(H,22,23). The summed E-state index contributed by atoms with van der Waals surface area (Å²) < 4.78 is 52.5. The van der Waals surface area contributed by atoms with Gasteiger partial charge in [-0.2, -0.15) is 18.2 Å². The van der Waals surface area contributed by atoms with Crippen molar-refractivity contribution in [2.24, 2.45) is 0 Å². The molecular formula is C15H12ClF4N5. The molecule has 0 aliphatic heterocycles. The average Bonchev–Trinajstić information content (AvgIpc) is 2.94. The number of halogens is 5. The summed E-state index contributed by atoms with van der Waals surface area (Å²) in [5.74, 6) is -1.85. The van der Waals surface area contributed by atoms with Crippen molar-refractivity contribution < 1.29 is 17.6 Å². The van der Waals surface area contributed by atoms with Crippen LogP contribution in [-0.2, 0) is 6.18 Å². The molecule has 1 aromatic carbocycles. The van der Waals surface area contributed by atoms with E-state index >= 15 is 0 Å². The minimum atomic E-state index is -4.58. The van der Waals surface area contributed by atoms with Crippen LogP contribution in [0.4, 0.5) is 29.1 Å². The topological polar surface area (TPSA) is 57.7 Å². The van der Waals surface area contributed by atoms with Crippen LogP contribution in [0.2, 0.25) is 5.28 Å². The van der Waals surface area contributed by atoms with Gasteiger partial charge in [0, 0.05) is 11.7 Å². The molecule has 0 saturated carbocycles. The van der Waals surface area contributed by atoms with Gasteiger partial charge in [-0.05, 0) is 43.6 Å².